The van der Waals surface area contributed by atoms with Crippen LogP contribution in [0.2, 0.25) is 0 Å². The van der Waals surface area contributed by atoms with E-state index in [2.05, 4.69) is 35.0 Å². The molecule has 3 heterocycles. The molecule has 0 aliphatic carbocycles. The summed E-state index contributed by atoms with van der Waals surface area (Å²) in [5, 5.41) is 1.04. The second kappa shape index (κ2) is 7.97. The number of hydrogen-bond acceptors (Lipinski definition) is 3. The van der Waals surface area contributed by atoms with Crippen LogP contribution < -0.4 is 4.74 Å². The summed E-state index contributed by atoms with van der Waals surface area (Å²) < 4.78 is 7.36. The number of methoxy groups -OCH3 is 1. The summed E-state index contributed by atoms with van der Waals surface area (Å²) in [7, 11) is 5.90. The molecule has 2 aromatic carbocycles. The van der Waals surface area contributed by atoms with Gasteiger partial charge in [0.25, 0.3) is 5.91 Å². The zero-order valence-electron chi connectivity index (χ0n) is 17.6. The van der Waals surface area contributed by atoms with Crippen LogP contribution >= 0.6 is 12.4 Å². The second-order valence-electron chi connectivity index (χ2n) is 8.46. The number of likely N-dealkylation sites (tertiary alicyclic amines) is 2. The van der Waals surface area contributed by atoms with E-state index in [1.807, 2.05) is 48.1 Å². The molecule has 1 aromatic heterocycles. The standard InChI is InChI=1S/C24H27N3O2.ClH/c1-25-14-21(19-6-4-5-7-22(19)25)24(28)27-13-17-12-26(2)23(20(17)15-27)16-8-10-18(29-3)11-9-16;/h4-11,14,17,20,23H,12-13,15H2,1-3H3;1H/t17-,20+,23-;/m0./s1. The quantitative estimate of drug-likeness (QED) is 0.637. The van der Waals surface area contributed by atoms with Gasteiger partial charge in [-0.25, -0.2) is 0 Å². The minimum Gasteiger partial charge on any atom is -0.497 e. The SMILES string of the molecule is COc1ccc([C@H]2[C@@H]3CN(C(=O)c4cn(C)c5ccccc45)C[C@@H]3CN2C)cc1.Cl. The van der Waals surface area contributed by atoms with Gasteiger partial charge in [-0.15, -0.1) is 12.4 Å². The van der Waals surface area contributed by atoms with Crippen molar-refractivity contribution in [2.75, 3.05) is 33.8 Å². The summed E-state index contributed by atoms with van der Waals surface area (Å²) in [5.41, 5.74) is 3.23. The van der Waals surface area contributed by atoms with Crippen molar-refractivity contribution in [3.8, 4) is 5.75 Å². The Bertz CT molecular complexity index is 1060. The first-order chi connectivity index (χ1) is 14.1. The highest BCUT2D eigenvalue weighted by molar-refractivity contribution is 6.07. The van der Waals surface area contributed by atoms with E-state index in [1.54, 1.807) is 7.11 Å². The molecule has 30 heavy (non-hydrogen) atoms. The van der Waals surface area contributed by atoms with Crippen molar-refractivity contribution < 1.29 is 9.53 Å². The van der Waals surface area contributed by atoms with E-state index >= 15 is 0 Å². The average molecular weight is 426 g/mol. The van der Waals surface area contributed by atoms with Crippen LogP contribution in [0.25, 0.3) is 10.9 Å². The molecular formula is C24H28ClN3O2. The molecule has 0 bridgehead atoms. The van der Waals surface area contributed by atoms with Crippen molar-refractivity contribution in [1.82, 2.24) is 14.4 Å². The minimum absolute atomic E-state index is 0. The van der Waals surface area contributed by atoms with Crippen LogP contribution in [0.3, 0.4) is 0 Å². The van der Waals surface area contributed by atoms with Crippen LogP contribution in [0.4, 0.5) is 0 Å². The van der Waals surface area contributed by atoms with Crippen LogP contribution in [0.5, 0.6) is 5.75 Å². The van der Waals surface area contributed by atoms with E-state index < -0.39 is 0 Å². The van der Waals surface area contributed by atoms with Gasteiger partial charge in [0.05, 0.1) is 12.7 Å². The van der Waals surface area contributed by atoms with Gasteiger partial charge in [0.1, 0.15) is 5.75 Å². The highest BCUT2D eigenvalue weighted by Crippen LogP contribution is 2.44. The Balaban J connectivity index is 0.00000218. The Morgan fingerprint density at radius 2 is 1.73 bits per heavy atom. The van der Waals surface area contributed by atoms with Crippen molar-refractivity contribution in [2.45, 2.75) is 6.04 Å². The van der Waals surface area contributed by atoms with E-state index in [9.17, 15) is 4.79 Å². The first-order valence-corrected chi connectivity index (χ1v) is 10.2. The smallest absolute Gasteiger partial charge is 0.256 e. The third-order valence-electron chi connectivity index (χ3n) is 6.77. The number of carbonyl (C=O) groups is 1. The van der Waals surface area contributed by atoms with Crippen molar-refractivity contribution >= 4 is 29.2 Å². The molecule has 2 aliphatic heterocycles. The zero-order chi connectivity index (χ0) is 20.1. The molecule has 0 N–H and O–H groups in total. The predicted octanol–water partition coefficient (Wildman–Crippen LogP) is 3.98. The maximum atomic E-state index is 13.4. The van der Waals surface area contributed by atoms with Gasteiger partial charge in [0.2, 0.25) is 0 Å². The van der Waals surface area contributed by atoms with Crippen molar-refractivity contribution in [1.29, 1.82) is 0 Å². The van der Waals surface area contributed by atoms with E-state index in [0.29, 0.717) is 17.9 Å². The van der Waals surface area contributed by atoms with Gasteiger partial charge in [-0.1, -0.05) is 30.3 Å². The van der Waals surface area contributed by atoms with Gasteiger partial charge in [0, 0.05) is 55.7 Å². The Morgan fingerprint density at radius 1 is 1.00 bits per heavy atom. The lowest BCUT2D eigenvalue weighted by Gasteiger charge is -2.27. The molecule has 0 saturated carbocycles. The molecule has 6 heteroatoms. The van der Waals surface area contributed by atoms with Crippen LogP contribution in [0.1, 0.15) is 22.0 Å². The fourth-order valence-corrected chi connectivity index (χ4v) is 5.41. The Morgan fingerprint density at radius 3 is 2.47 bits per heavy atom. The summed E-state index contributed by atoms with van der Waals surface area (Å²) in [6, 6.07) is 16.9. The number of benzene rings is 2. The van der Waals surface area contributed by atoms with E-state index in [0.717, 1.165) is 41.9 Å². The Kier molecular flexibility index (Phi) is 5.51. The lowest BCUT2D eigenvalue weighted by molar-refractivity contribution is 0.0769. The van der Waals surface area contributed by atoms with Crippen LogP contribution in [-0.2, 0) is 7.05 Å². The third-order valence-corrected chi connectivity index (χ3v) is 6.77. The number of ether oxygens (including phenoxy) is 1. The van der Waals surface area contributed by atoms with Gasteiger partial charge in [0.15, 0.2) is 0 Å². The molecule has 3 atom stereocenters. The molecule has 5 nitrogen and oxygen atoms in total. The molecular weight excluding hydrogens is 398 g/mol. The summed E-state index contributed by atoms with van der Waals surface area (Å²) in [5.74, 6) is 2.02. The second-order valence-corrected chi connectivity index (χ2v) is 8.46. The lowest BCUT2D eigenvalue weighted by atomic mass is 9.89. The van der Waals surface area contributed by atoms with Crippen LogP contribution in [0.15, 0.2) is 54.7 Å². The number of nitrogens with zero attached hydrogens (tertiary/aromatic N) is 3. The van der Waals surface area contributed by atoms with Gasteiger partial charge < -0.3 is 14.2 Å². The van der Waals surface area contributed by atoms with Gasteiger partial charge in [-0.2, -0.15) is 0 Å². The highest BCUT2D eigenvalue weighted by Gasteiger charge is 2.47. The predicted molar refractivity (Wildman–Crippen MR) is 121 cm³/mol. The number of amides is 1. The summed E-state index contributed by atoms with van der Waals surface area (Å²) in [6.07, 6.45) is 1.98. The van der Waals surface area contributed by atoms with Gasteiger partial charge in [-0.3, -0.25) is 9.69 Å². The molecule has 158 valence electrons. The highest BCUT2D eigenvalue weighted by atomic mass is 35.5. The largest absolute Gasteiger partial charge is 0.497 e. The summed E-state index contributed by atoms with van der Waals surface area (Å²) in [6.45, 7) is 2.68. The zero-order valence-corrected chi connectivity index (χ0v) is 18.4. The topological polar surface area (TPSA) is 37.7 Å². The molecule has 0 unspecified atom stereocenters. The fourth-order valence-electron chi connectivity index (χ4n) is 5.41. The number of rotatable bonds is 3. The maximum Gasteiger partial charge on any atom is 0.256 e. The minimum atomic E-state index is 0. The van der Waals surface area contributed by atoms with Gasteiger partial charge >= 0.3 is 0 Å². The first kappa shape index (κ1) is 20.8. The number of carbonyl (C=O) groups excluding carboxylic acids is 1. The molecule has 0 spiro atoms. The molecule has 0 radical (unpaired) electrons. The molecule has 2 fully saturated rings. The maximum absolute atomic E-state index is 13.4. The molecule has 2 aliphatic rings. The van der Waals surface area contributed by atoms with E-state index in [1.165, 1.54) is 5.56 Å². The first-order valence-electron chi connectivity index (χ1n) is 10.2. The monoisotopic (exact) mass is 425 g/mol. The number of fused-ring (bicyclic) bond motifs is 2. The van der Waals surface area contributed by atoms with Crippen LogP contribution in [0, 0.1) is 11.8 Å². The lowest BCUT2D eigenvalue weighted by Crippen LogP contribution is -2.33. The third kappa shape index (κ3) is 3.26. The number of para-hydroxylation sites is 1. The van der Waals surface area contributed by atoms with E-state index in [-0.39, 0.29) is 18.3 Å². The number of hydrogen-bond donors (Lipinski definition) is 0. The van der Waals surface area contributed by atoms with Crippen LogP contribution in [-0.4, -0.2) is 54.1 Å². The normalized spacial score (nSPS) is 23.4. The number of aryl methyl sites for hydroxylation is 1. The van der Waals surface area contributed by atoms with Crippen molar-refractivity contribution in [3.63, 3.8) is 0 Å². The Hall–Kier alpha value is -2.50. The van der Waals surface area contributed by atoms with E-state index in [4.69, 9.17) is 4.74 Å². The molecule has 3 aromatic rings. The van der Waals surface area contributed by atoms with Crippen molar-refractivity contribution in [2.24, 2.45) is 18.9 Å². The molecule has 2 saturated heterocycles. The fraction of sp³-hybridized carbons (Fsp3) is 0.375. The number of aromatic nitrogens is 1. The summed E-state index contributed by atoms with van der Waals surface area (Å²) in [4.78, 5) is 17.9. The average Bonchev–Trinajstić information content (AvgIpc) is 3.38. The summed E-state index contributed by atoms with van der Waals surface area (Å²) >= 11 is 0. The van der Waals surface area contributed by atoms with Crippen molar-refractivity contribution in [3.05, 3.63) is 65.9 Å². The number of halogens is 1. The molecule has 1 amide bonds. The molecule has 5 rings (SSSR count). The van der Waals surface area contributed by atoms with Gasteiger partial charge in [-0.05, 0) is 36.7 Å². The Labute approximate surface area is 183 Å².